The van der Waals surface area contributed by atoms with Crippen LogP contribution < -0.4 is 15.4 Å². The van der Waals surface area contributed by atoms with Crippen molar-refractivity contribution < 1.29 is 4.74 Å². The van der Waals surface area contributed by atoms with Gasteiger partial charge in [-0.25, -0.2) is 0 Å². The Bertz CT molecular complexity index is 374. The molecule has 2 heterocycles. The van der Waals surface area contributed by atoms with E-state index >= 15 is 0 Å². The molecule has 0 saturated carbocycles. The summed E-state index contributed by atoms with van der Waals surface area (Å²) in [6.45, 7) is 4.21. The van der Waals surface area contributed by atoms with Gasteiger partial charge in [0.2, 0.25) is 0 Å². The molecule has 92 valence electrons. The van der Waals surface area contributed by atoms with E-state index in [9.17, 15) is 0 Å². The molecule has 2 aliphatic rings. The van der Waals surface area contributed by atoms with Crippen LogP contribution in [0.25, 0.3) is 0 Å². The lowest BCUT2D eigenvalue weighted by Crippen LogP contribution is -2.37. The van der Waals surface area contributed by atoms with Crippen molar-refractivity contribution in [1.29, 1.82) is 0 Å². The Morgan fingerprint density at radius 3 is 3.18 bits per heavy atom. The third kappa shape index (κ3) is 2.45. The third-order valence-corrected chi connectivity index (χ3v) is 3.75. The molecule has 0 spiro atoms. The highest BCUT2D eigenvalue weighted by molar-refractivity contribution is 5.39. The lowest BCUT2D eigenvalue weighted by Gasteiger charge is -2.24. The number of nitrogens with one attached hydrogen (secondary N) is 2. The second-order valence-corrected chi connectivity index (χ2v) is 5.02. The molecule has 1 aromatic carbocycles. The van der Waals surface area contributed by atoms with Crippen molar-refractivity contribution in [2.75, 3.05) is 26.2 Å². The highest BCUT2D eigenvalue weighted by Crippen LogP contribution is 2.31. The lowest BCUT2D eigenvalue weighted by atomic mass is 9.99. The van der Waals surface area contributed by atoms with Gasteiger partial charge in [0.15, 0.2) is 0 Å². The molecule has 1 fully saturated rings. The predicted octanol–water partition coefficient (Wildman–Crippen LogP) is 1.71. The topological polar surface area (TPSA) is 33.3 Å². The van der Waals surface area contributed by atoms with Crippen molar-refractivity contribution in [3.63, 3.8) is 0 Å². The molecule has 2 unspecified atom stereocenters. The van der Waals surface area contributed by atoms with E-state index in [1.54, 1.807) is 0 Å². The Kier molecular flexibility index (Phi) is 3.29. The molecule has 3 heteroatoms. The van der Waals surface area contributed by atoms with Gasteiger partial charge < -0.3 is 15.4 Å². The molecule has 1 saturated heterocycles. The van der Waals surface area contributed by atoms with Gasteiger partial charge in [-0.2, -0.15) is 0 Å². The summed E-state index contributed by atoms with van der Waals surface area (Å²) >= 11 is 0. The van der Waals surface area contributed by atoms with Crippen molar-refractivity contribution in [2.45, 2.75) is 18.9 Å². The molecule has 0 bridgehead atoms. The standard InChI is InChI=1S/C14H20N2O/c1-2-6-14-12(5-1)13(10-17-14)16-9-11-4-3-7-15-8-11/h1-2,5-6,11,13,15-16H,3-4,7-10H2. The molecule has 0 aromatic heterocycles. The van der Waals surface area contributed by atoms with Gasteiger partial charge in [-0.05, 0) is 44.5 Å². The maximum atomic E-state index is 5.67. The normalized spacial score (nSPS) is 27.5. The summed E-state index contributed by atoms with van der Waals surface area (Å²) in [6.07, 6.45) is 2.65. The van der Waals surface area contributed by atoms with Gasteiger partial charge >= 0.3 is 0 Å². The molecule has 2 aliphatic heterocycles. The number of rotatable bonds is 3. The molecule has 3 rings (SSSR count). The fraction of sp³-hybridized carbons (Fsp3) is 0.571. The van der Waals surface area contributed by atoms with Crippen LogP contribution in [0, 0.1) is 5.92 Å². The van der Waals surface area contributed by atoms with Crippen LogP contribution in [0.4, 0.5) is 0 Å². The maximum absolute atomic E-state index is 5.67. The van der Waals surface area contributed by atoms with Gasteiger partial charge in [-0.3, -0.25) is 0 Å². The number of piperidine rings is 1. The van der Waals surface area contributed by atoms with Crippen LogP contribution in [0.5, 0.6) is 5.75 Å². The van der Waals surface area contributed by atoms with E-state index in [0.29, 0.717) is 6.04 Å². The number of ether oxygens (including phenoxy) is 1. The SMILES string of the molecule is c1ccc2c(c1)OCC2NCC1CCCNC1. The Morgan fingerprint density at radius 2 is 2.29 bits per heavy atom. The summed E-state index contributed by atoms with van der Waals surface area (Å²) in [4.78, 5) is 0. The molecule has 1 aromatic rings. The summed E-state index contributed by atoms with van der Waals surface area (Å²) in [5, 5.41) is 7.10. The van der Waals surface area contributed by atoms with Crippen molar-refractivity contribution in [2.24, 2.45) is 5.92 Å². The van der Waals surface area contributed by atoms with Crippen LogP contribution >= 0.6 is 0 Å². The predicted molar refractivity (Wildman–Crippen MR) is 68.3 cm³/mol. The lowest BCUT2D eigenvalue weighted by molar-refractivity contribution is 0.290. The van der Waals surface area contributed by atoms with Gasteiger partial charge in [0.1, 0.15) is 12.4 Å². The first-order valence-electron chi connectivity index (χ1n) is 6.59. The number of hydrogen-bond donors (Lipinski definition) is 2. The minimum atomic E-state index is 0.383. The van der Waals surface area contributed by atoms with E-state index in [0.717, 1.165) is 31.4 Å². The van der Waals surface area contributed by atoms with E-state index in [1.807, 2.05) is 6.07 Å². The van der Waals surface area contributed by atoms with Gasteiger partial charge in [0, 0.05) is 5.56 Å². The van der Waals surface area contributed by atoms with E-state index in [-0.39, 0.29) is 0 Å². The summed E-state index contributed by atoms with van der Waals surface area (Å²) in [7, 11) is 0. The van der Waals surface area contributed by atoms with Crippen molar-refractivity contribution >= 4 is 0 Å². The third-order valence-electron chi connectivity index (χ3n) is 3.75. The van der Waals surface area contributed by atoms with Crippen molar-refractivity contribution in [3.8, 4) is 5.75 Å². The molecular weight excluding hydrogens is 212 g/mol. The Hall–Kier alpha value is -1.06. The van der Waals surface area contributed by atoms with Crippen LogP contribution in [0.3, 0.4) is 0 Å². The van der Waals surface area contributed by atoms with Gasteiger partial charge in [-0.1, -0.05) is 18.2 Å². The number of fused-ring (bicyclic) bond motifs is 1. The van der Waals surface area contributed by atoms with Crippen molar-refractivity contribution in [3.05, 3.63) is 29.8 Å². The Morgan fingerprint density at radius 1 is 1.35 bits per heavy atom. The zero-order chi connectivity index (χ0) is 11.5. The minimum absolute atomic E-state index is 0.383. The van der Waals surface area contributed by atoms with E-state index in [1.165, 1.54) is 24.9 Å². The van der Waals surface area contributed by atoms with Gasteiger partial charge in [0.05, 0.1) is 6.04 Å². The van der Waals surface area contributed by atoms with Crippen LogP contribution in [-0.2, 0) is 0 Å². The molecule has 3 nitrogen and oxygen atoms in total. The average molecular weight is 232 g/mol. The van der Waals surface area contributed by atoms with Gasteiger partial charge in [-0.15, -0.1) is 0 Å². The van der Waals surface area contributed by atoms with E-state index in [4.69, 9.17) is 4.74 Å². The van der Waals surface area contributed by atoms with Crippen LogP contribution in [-0.4, -0.2) is 26.2 Å². The zero-order valence-electron chi connectivity index (χ0n) is 10.1. The quantitative estimate of drug-likeness (QED) is 0.832. The molecule has 0 amide bonds. The second-order valence-electron chi connectivity index (χ2n) is 5.02. The van der Waals surface area contributed by atoms with Crippen molar-refractivity contribution in [1.82, 2.24) is 10.6 Å². The first kappa shape index (κ1) is 11.1. The van der Waals surface area contributed by atoms with Gasteiger partial charge in [0.25, 0.3) is 0 Å². The molecule has 2 N–H and O–H groups in total. The highest BCUT2D eigenvalue weighted by atomic mass is 16.5. The number of benzene rings is 1. The molecule has 2 atom stereocenters. The molecule has 0 aliphatic carbocycles. The second kappa shape index (κ2) is 5.07. The largest absolute Gasteiger partial charge is 0.491 e. The first-order valence-corrected chi connectivity index (χ1v) is 6.59. The summed E-state index contributed by atoms with van der Waals surface area (Å²) < 4.78 is 5.67. The molecule has 17 heavy (non-hydrogen) atoms. The maximum Gasteiger partial charge on any atom is 0.124 e. The number of hydrogen-bond acceptors (Lipinski definition) is 3. The Balaban J connectivity index is 1.56. The summed E-state index contributed by atoms with van der Waals surface area (Å²) in [6, 6.07) is 8.72. The van der Waals surface area contributed by atoms with Crippen LogP contribution in [0.15, 0.2) is 24.3 Å². The fourth-order valence-corrected chi connectivity index (χ4v) is 2.74. The van der Waals surface area contributed by atoms with Crippen LogP contribution in [0.2, 0.25) is 0 Å². The minimum Gasteiger partial charge on any atom is -0.491 e. The van der Waals surface area contributed by atoms with Crippen LogP contribution in [0.1, 0.15) is 24.4 Å². The Labute approximate surface area is 103 Å². The molecular formula is C14H20N2O. The van der Waals surface area contributed by atoms with E-state index < -0.39 is 0 Å². The summed E-state index contributed by atoms with van der Waals surface area (Å²) in [5.41, 5.74) is 1.32. The fourth-order valence-electron chi connectivity index (χ4n) is 2.74. The first-order chi connectivity index (χ1) is 8.43. The zero-order valence-corrected chi connectivity index (χ0v) is 10.1. The molecule has 0 radical (unpaired) electrons. The average Bonchev–Trinajstić information content (AvgIpc) is 2.81. The summed E-state index contributed by atoms with van der Waals surface area (Å²) in [5.74, 6) is 1.82. The van der Waals surface area contributed by atoms with E-state index in [2.05, 4.69) is 28.8 Å². The number of para-hydroxylation sites is 1. The highest BCUT2D eigenvalue weighted by Gasteiger charge is 2.24. The monoisotopic (exact) mass is 232 g/mol. The smallest absolute Gasteiger partial charge is 0.124 e.